The topological polar surface area (TPSA) is 64.9 Å². The van der Waals surface area contributed by atoms with Crippen LogP contribution in [0, 0.1) is 13.8 Å². The van der Waals surface area contributed by atoms with Gasteiger partial charge in [-0.15, -0.1) is 11.3 Å². The summed E-state index contributed by atoms with van der Waals surface area (Å²) < 4.78 is 0. The maximum absolute atomic E-state index is 5.73. The van der Waals surface area contributed by atoms with Crippen molar-refractivity contribution in [1.29, 1.82) is 0 Å². The van der Waals surface area contributed by atoms with Gasteiger partial charge in [0.05, 0.1) is 5.69 Å². The molecule has 0 saturated carbocycles. The zero-order valence-electron chi connectivity index (χ0n) is 9.45. The van der Waals surface area contributed by atoms with Gasteiger partial charge in [-0.2, -0.15) is 0 Å². The lowest BCUT2D eigenvalue weighted by molar-refractivity contribution is 1.10. The van der Waals surface area contributed by atoms with E-state index >= 15 is 0 Å². The highest BCUT2D eigenvalue weighted by Gasteiger charge is 2.12. The fourth-order valence-electron chi connectivity index (χ4n) is 1.71. The van der Waals surface area contributed by atoms with Crippen LogP contribution in [0.5, 0.6) is 0 Å². The predicted octanol–water partition coefficient (Wildman–Crippen LogP) is 2.47. The molecule has 0 spiro atoms. The van der Waals surface area contributed by atoms with Crippen LogP contribution in [0.25, 0.3) is 11.3 Å². The number of aryl methyl sites for hydroxylation is 2. The van der Waals surface area contributed by atoms with E-state index in [1.807, 2.05) is 0 Å². The molecule has 16 heavy (non-hydrogen) atoms. The highest BCUT2D eigenvalue weighted by Crippen LogP contribution is 2.31. The van der Waals surface area contributed by atoms with Crippen molar-refractivity contribution in [3.8, 4) is 11.3 Å². The van der Waals surface area contributed by atoms with Crippen molar-refractivity contribution >= 4 is 16.5 Å². The Labute approximate surface area is 99.1 Å². The third-order valence-corrected chi connectivity index (χ3v) is 3.45. The summed E-state index contributed by atoms with van der Waals surface area (Å²) in [6, 6.07) is 6.32. The number of anilines is 1. The number of hydrogen-bond acceptors (Lipinski definition) is 4. The SMILES string of the molecule is Cc1ccc(C)c(-c2nc(N)sc2CN)c1. The molecule has 2 aromatic rings. The van der Waals surface area contributed by atoms with E-state index < -0.39 is 0 Å². The molecule has 4 N–H and O–H groups in total. The number of benzene rings is 1. The molecule has 2 rings (SSSR count). The normalized spacial score (nSPS) is 10.7. The minimum atomic E-state index is 0.484. The van der Waals surface area contributed by atoms with Crippen molar-refractivity contribution in [2.45, 2.75) is 20.4 Å². The van der Waals surface area contributed by atoms with Crippen LogP contribution >= 0.6 is 11.3 Å². The first-order valence-corrected chi connectivity index (χ1v) is 5.96. The number of nitrogens with zero attached hydrogens (tertiary/aromatic N) is 1. The molecule has 0 saturated heterocycles. The fraction of sp³-hybridized carbons (Fsp3) is 0.250. The first-order chi connectivity index (χ1) is 7.61. The molecule has 1 heterocycles. The number of nitrogen functional groups attached to an aromatic ring is 1. The lowest BCUT2D eigenvalue weighted by atomic mass is 10.0. The predicted molar refractivity (Wildman–Crippen MR) is 69.3 cm³/mol. The lowest BCUT2D eigenvalue weighted by Gasteiger charge is -2.05. The number of rotatable bonds is 2. The third-order valence-electron chi connectivity index (χ3n) is 2.55. The summed E-state index contributed by atoms with van der Waals surface area (Å²) in [7, 11) is 0. The van der Waals surface area contributed by atoms with Gasteiger partial charge in [0.15, 0.2) is 5.13 Å². The molecule has 0 atom stereocenters. The highest BCUT2D eigenvalue weighted by atomic mass is 32.1. The maximum atomic E-state index is 5.73. The van der Waals surface area contributed by atoms with Gasteiger partial charge in [-0.3, -0.25) is 0 Å². The van der Waals surface area contributed by atoms with Crippen LogP contribution in [0.2, 0.25) is 0 Å². The van der Waals surface area contributed by atoms with Gasteiger partial charge < -0.3 is 11.5 Å². The Bertz CT molecular complexity index is 517. The van der Waals surface area contributed by atoms with E-state index in [1.54, 1.807) is 0 Å². The molecule has 84 valence electrons. The summed E-state index contributed by atoms with van der Waals surface area (Å²) in [4.78, 5) is 5.42. The van der Waals surface area contributed by atoms with Gasteiger partial charge in [-0.25, -0.2) is 4.98 Å². The Morgan fingerprint density at radius 2 is 2.06 bits per heavy atom. The highest BCUT2D eigenvalue weighted by molar-refractivity contribution is 7.15. The average Bonchev–Trinajstić information content (AvgIpc) is 2.63. The van der Waals surface area contributed by atoms with E-state index in [-0.39, 0.29) is 0 Å². The second-order valence-electron chi connectivity index (χ2n) is 3.85. The van der Waals surface area contributed by atoms with Gasteiger partial charge in [0.25, 0.3) is 0 Å². The van der Waals surface area contributed by atoms with E-state index in [1.165, 1.54) is 22.5 Å². The van der Waals surface area contributed by atoms with E-state index in [4.69, 9.17) is 11.5 Å². The maximum Gasteiger partial charge on any atom is 0.180 e. The van der Waals surface area contributed by atoms with Gasteiger partial charge in [-0.05, 0) is 25.5 Å². The van der Waals surface area contributed by atoms with Crippen LogP contribution in [-0.2, 0) is 6.54 Å². The molecule has 0 unspecified atom stereocenters. The second kappa shape index (κ2) is 4.23. The van der Waals surface area contributed by atoms with Crippen molar-refractivity contribution in [3.63, 3.8) is 0 Å². The van der Waals surface area contributed by atoms with Crippen LogP contribution < -0.4 is 11.5 Å². The molecule has 3 nitrogen and oxygen atoms in total. The molecule has 1 aromatic heterocycles. The van der Waals surface area contributed by atoms with E-state index in [0.717, 1.165) is 16.1 Å². The monoisotopic (exact) mass is 233 g/mol. The molecule has 0 bridgehead atoms. The van der Waals surface area contributed by atoms with Crippen molar-refractivity contribution in [2.24, 2.45) is 5.73 Å². The van der Waals surface area contributed by atoms with E-state index in [9.17, 15) is 0 Å². The molecule has 0 aliphatic carbocycles. The third kappa shape index (κ3) is 1.94. The second-order valence-corrected chi connectivity index (χ2v) is 4.96. The lowest BCUT2D eigenvalue weighted by Crippen LogP contribution is -1.96. The standard InChI is InChI=1S/C12H15N3S/c1-7-3-4-8(2)9(5-7)11-10(6-13)16-12(14)15-11/h3-5H,6,13H2,1-2H3,(H2,14,15). The zero-order chi connectivity index (χ0) is 11.7. The Balaban J connectivity index is 2.61. The summed E-state index contributed by atoms with van der Waals surface area (Å²) in [5.74, 6) is 0. The molecular weight excluding hydrogens is 218 g/mol. The van der Waals surface area contributed by atoms with Crippen LogP contribution in [0.3, 0.4) is 0 Å². The van der Waals surface area contributed by atoms with E-state index in [0.29, 0.717) is 11.7 Å². The molecule has 0 amide bonds. The Kier molecular flexibility index (Phi) is 2.94. The minimum absolute atomic E-state index is 0.484. The Morgan fingerprint density at radius 1 is 1.31 bits per heavy atom. The molecule has 4 heteroatoms. The van der Waals surface area contributed by atoms with Gasteiger partial charge in [0.2, 0.25) is 0 Å². The minimum Gasteiger partial charge on any atom is -0.375 e. The van der Waals surface area contributed by atoms with Crippen LogP contribution in [0.15, 0.2) is 18.2 Å². The average molecular weight is 233 g/mol. The smallest absolute Gasteiger partial charge is 0.180 e. The number of thiazole rings is 1. The summed E-state index contributed by atoms with van der Waals surface area (Å²) >= 11 is 1.47. The molecule has 0 aliphatic rings. The molecule has 0 radical (unpaired) electrons. The largest absolute Gasteiger partial charge is 0.375 e. The summed E-state index contributed by atoms with van der Waals surface area (Å²) in [5, 5.41) is 0.580. The number of nitrogens with two attached hydrogens (primary N) is 2. The molecule has 0 aliphatic heterocycles. The van der Waals surface area contributed by atoms with Gasteiger partial charge in [-0.1, -0.05) is 17.7 Å². The summed E-state index contributed by atoms with van der Waals surface area (Å²) in [6.45, 7) is 4.63. The van der Waals surface area contributed by atoms with Crippen molar-refractivity contribution in [3.05, 3.63) is 34.2 Å². The van der Waals surface area contributed by atoms with Crippen LogP contribution in [0.4, 0.5) is 5.13 Å². The van der Waals surface area contributed by atoms with Crippen molar-refractivity contribution < 1.29 is 0 Å². The van der Waals surface area contributed by atoms with Gasteiger partial charge in [0, 0.05) is 17.0 Å². The van der Waals surface area contributed by atoms with Gasteiger partial charge >= 0.3 is 0 Å². The first-order valence-electron chi connectivity index (χ1n) is 5.14. The van der Waals surface area contributed by atoms with E-state index in [2.05, 4.69) is 37.0 Å². The van der Waals surface area contributed by atoms with Crippen LogP contribution in [0.1, 0.15) is 16.0 Å². The molecule has 0 fully saturated rings. The van der Waals surface area contributed by atoms with Crippen molar-refractivity contribution in [1.82, 2.24) is 4.98 Å². The summed E-state index contributed by atoms with van der Waals surface area (Å²) in [5.41, 5.74) is 15.9. The number of hydrogen-bond donors (Lipinski definition) is 2. The van der Waals surface area contributed by atoms with Gasteiger partial charge in [0.1, 0.15) is 0 Å². The summed E-state index contributed by atoms with van der Waals surface area (Å²) in [6.07, 6.45) is 0. The van der Waals surface area contributed by atoms with Crippen molar-refractivity contribution in [2.75, 3.05) is 5.73 Å². The first kappa shape index (κ1) is 11.1. The molecular formula is C12H15N3S. The quantitative estimate of drug-likeness (QED) is 0.837. The zero-order valence-corrected chi connectivity index (χ0v) is 10.3. The molecule has 1 aromatic carbocycles. The van der Waals surface area contributed by atoms with Crippen LogP contribution in [-0.4, -0.2) is 4.98 Å². The fourth-order valence-corrected chi connectivity index (χ4v) is 2.43. The Hall–Kier alpha value is -1.39. The Morgan fingerprint density at radius 3 is 2.75 bits per heavy atom. The number of aromatic nitrogens is 1.